The van der Waals surface area contributed by atoms with Gasteiger partial charge in [0.25, 0.3) is 0 Å². The minimum atomic E-state index is -1.21. The van der Waals surface area contributed by atoms with Crippen molar-refractivity contribution in [3.63, 3.8) is 0 Å². The lowest BCUT2D eigenvalue weighted by atomic mass is 9.93. The van der Waals surface area contributed by atoms with E-state index in [0.717, 1.165) is 0 Å². The lowest BCUT2D eigenvalue weighted by Gasteiger charge is -2.11. The quantitative estimate of drug-likeness (QED) is 0.678. The Morgan fingerprint density at radius 3 is 1.48 bits per heavy atom. The van der Waals surface area contributed by atoms with Gasteiger partial charge in [0.2, 0.25) is 0 Å². The number of aliphatic hydroxyl groups excluding tert-OH is 2. The van der Waals surface area contributed by atoms with E-state index in [9.17, 15) is 9.59 Å². The van der Waals surface area contributed by atoms with Crippen LogP contribution in [0.15, 0.2) is 18.2 Å². The molecule has 0 saturated carbocycles. The first-order chi connectivity index (χ1) is 10.4. The van der Waals surface area contributed by atoms with Crippen LogP contribution in [0.5, 0.6) is 0 Å². The van der Waals surface area contributed by atoms with Crippen LogP contribution in [0, 0.1) is 0 Å². The van der Waals surface area contributed by atoms with E-state index in [-0.39, 0.29) is 29.3 Å². The van der Waals surface area contributed by atoms with E-state index in [1.165, 1.54) is 6.07 Å². The lowest BCUT2D eigenvalue weighted by Crippen LogP contribution is -2.12. The number of carbonyl (C=O) groups is 2. The normalized spacial score (nSPS) is 9.87. The Morgan fingerprint density at radius 1 is 0.826 bits per heavy atom. The third-order valence-electron chi connectivity index (χ3n) is 2.16. The van der Waals surface area contributed by atoms with E-state index < -0.39 is 11.9 Å². The summed E-state index contributed by atoms with van der Waals surface area (Å²) in [7, 11) is 0. The molecular weight excluding hydrogens is 300 g/mol. The highest BCUT2D eigenvalue weighted by Gasteiger charge is 2.20. The van der Waals surface area contributed by atoms with Gasteiger partial charge in [-0.3, -0.25) is 0 Å². The summed E-state index contributed by atoms with van der Waals surface area (Å²) in [5, 5.41) is 33.9. The largest absolute Gasteiger partial charge is 0.478 e. The number of rotatable bonds is 3. The van der Waals surface area contributed by atoms with Gasteiger partial charge in [0.1, 0.15) is 0 Å². The molecule has 0 fully saturated rings. The second-order valence-electron chi connectivity index (χ2n) is 5.72. The molecule has 0 aliphatic rings. The minimum Gasteiger partial charge on any atom is -0.478 e. The summed E-state index contributed by atoms with van der Waals surface area (Å²) in [6.45, 7) is 10.5. The predicted octanol–water partition coefficient (Wildman–Crippen LogP) is 2.98. The van der Waals surface area contributed by atoms with Gasteiger partial charge in [0, 0.05) is 12.2 Å². The molecule has 23 heavy (non-hydrogen) atoms. The predicted molar refractivity (Wildman–Crippen MR) is 89.2 cm³/mol. The molecule has 0 amide bonds. The molecule has 1 aromatic rings. The average molecular weight is 328 g/mol. The first-order valence-corrected chi connectivity index (χ1v) is 7.37. The molecule has 0 radical (unpaired) electrons. The number of carboxylic acids is 2. The highest BCUT2D eigenvalue weighted by atomic mass is 16.4. The summed E-state index contributed by atoms with van der Waals surface area (Å²) in [5.74, 6) is -2.43. The van der Waals surface area contributed by atoms with Crippen molar-refractivity contribution in [2.75, 3.05) is 0 Å². The van der Waals surface area contributed by atoms with Crippen molar-refractivity contribution < 1.29 is 30.0 Å². The molecule has 0 bridgehead atoms. The second-order valence-corrected chi connectivity index (χ2v) is 5.72. The second kappa shape index (κ2) is 11.6. The summed E-state index contributed by atoms with van der Waals surface area (Å²) < 4.78 is 0. The fourth-order valence-corrected chi connectivity index (χ4v) is 1.47. The van der Waals surface area contributed by atoms with Gasteiger partial charge < -0.3 is 20.4 Å². The van der Waals surface area contributed by atoms with Crippen molar-refractivity contribution in [3.05, 3.63) is 34.9 Å². The molecule has 1 rings (SSSR count). The highest BCUT2D eigenvalue weighted by molar-refractivity contribution is 6.02. The Morgan fingerprint density at radius 2 is 1.22 bits per heavy atom. The third-order valence-corrected chi connectivity index (χ3v) is 2.16. The maximum atomic E-state index is 11.0. The zero-order chi connectivity index (χ0) is 18.7. The summed E-state index contributed by atoms with van der Waals surface area (Å²) >= 11 is 0. The molecule has 0 aliphatic heterocycles. The topological polar surface area (TPSA) is 115 Å². The molecule has 6 heteroatoms. The van der Waals surface area contributed by atoms with Crippen LogP contribution >= 0.6 is 0 Å². The minimum absolute atomic E-state index is 0.0181. The van der Waals surface area contributed by atoms with Crippen LogP contribution in [0.3, 0.4) is 0 Å². The fraction of sp³-hybridized carbons (Fsp3) is 0.529. The van der Waals surface area contributed by atoms with E-state index >= 15 is 0 Å². The molecule has 0 saturated heterocycles. The number of aliphatic hydroxyl groups is 2. The standard InChI is InChI=1S/C11H12O4.2C3H8O/c1-6(2)7-4-3-5-8(10(12)13)9(7)11(14)15;2*1-3(2)4/h3-6H,1-2H3,(H,12,13)(H,14,15);2*3-4H,1-2H3. The highest BCUT2D eigenvalue weighted by Crippen LogP contribution is 2.22. The summed E-state index contributed by atoms with van der Waals surface area (Å²) in [5.41, 5.74) is 0.274. The van der Waals surface area contributed by atoms with Crippen molar-refractivity contribution in [1.29, 1.82) is 0 Å². The number of aromatic carboxylic acids is 2. The number of benzene rings is 1. The Bertz CT molecular complexity index is 480. The van der Waals surface area contributed by atoms with Gasteiger partial charge in [-0.05, 0) is 45.2 Å². The van der Waals surface area contributed by atoms with Crippen molar-refractivity contribution in [2.24, 2.45) is 0 Å². The molecule has 1 aromatic carbocycles. The maximum Gasteiger partial charge on any atom is 0.336 e. The number of hydrogen-bond donors (Lipinski definition) is 4. The van der Waals surface area contributed by atoms with Gasteiger partial charge in [-0.25, -0.2) is 9.59 Å². The SMILES string of the molecule is CC(C)O.CC(C)O.CC(C)c1cccc(C(=O)O)c1C(=O)O. The molecule has 132 valence electrons. The molecule has 0 atom stereocenters. The summed E-state index contributed by atoms with van der Waals surface area (Å²) in [6.07, 6.45) is -0.333. The lowest BCUT2D eigenvalue weighted by molar-refractivity contribution is 0.0650. The fourth-order valence-electron chi connectivity index (χ4n) is 1.47. The Labute approximate surface area is 137 Å². The van der Waals surface area contributed by atoms with Crippen LogP contribution in [0.25, 0.3) is 0 Å². The molecule has 6 nitrogen and oxygen atoms in total. The van der Waals surface area contributed by atoms with Gasteiger partial charge in [-0.2, -0.15) is 0 Å². The van der Waals surface area contributed by atoms with E-state index in [1.807, 2.05) is 13.8 Å². The first kappa shape index (κ1) is 23.3. The van der Waals surface area contributed by atoms with Crippen LogP contribution in [-0.4, -0.2) is 44.6 Å². The van der Waals surface area contributed by atoms with Crippen LogP contribution in [0.4, 0.5) is 0 Å². The zero-order valence-electron chi connectivity index (χ0n) is 14.6. The molecular formula is C17H28O6. The molecule has 0 heterocycles. The summed E-state index contributed by atoms with van der Waals surface area (Å²) in [4.78, 5) is 21.8. The van der Waals surface area contributed by atoms with Crippen LogP contribution in [-0.2, 0) is 0 Å². The molecule has 0 aromatic heterocycles. The van der Waals surface area contributed by atoms with Crippen LogP contribution < -0.4 is 0 Å². The Hall–Kier alpha value is -1.92. The Balaban J connectivity index is 0. The molecule has 4 N–H and O–H groups in total. The van der Waals surface area contributed by atoms with Crippen LogP contribution in [0.1, 0.15) is 73.7 Å². The van der Waals surface area contributed by atoms with E-state index in [0.29, 0.717) is 5.56 Å². The molecule has 0 aliphatic carbocycles. The first-order valence-electron chi connectivity index (χ1n) is 7.37. The van der Waals surface area contributed by atoms with Crippen molar-refractivity contribution in [1.82, 2.24) is 0 Å². The van der Waals surface area contributed by atoms with Gasteiger partial charge in [0.05, 0.1) is 11.1 Å². The van der Waals surface area contributed by atoms with Crippen LogP contribution in [0.2, 0.25) is 0 Å². The van der Waals surface area contributed by atoms with Crippen molar-refractivity contribution in [2.45, 2.75) is 59.7 Å². The average Bonchev–Trinajstić information content (AvgIpc) is 2.36. The monoisotopic (exact) mass is 328 g/mol. The zero-order valence-corrected chi connectivity index (χ0v) is 14.6. The number of hydrogen-bond acceptors (Lipinski definition) is 4. The van der Waals surface area contributed by atoms with E-state index in [2.05, 4.69) is 0 Å². The van der Waals surface area contributed by atoms with Crippen molar-refractivity contribution in [3.8, 4) is 0 Å². The van der Waals surface area contributed by atoms with E-state index in [1.54, 1.807) is 39.8 Å². The summed E-state index contributed by atoms with van der Waals surface area (Å²) in [6, 6.07) is 4.50. The van der Waals surface area contributed by atoms with Gasteiger partial charge in [-0.1, -0.05) is 26.0 Å². The molecule has 0 unspecified atom stereocenters. The number of carboxylic acid groups (broad SMARTS) is 2. The smallest absolute Gasteiger partial charge is 0.336 e. The molecule has 0 spiro atoms. The van der Waals surface area contributed by atoms with Gasteiger partial charge in [0.15, 0.2) is 0 Å². The van der Waals surface area contributed by atoms with E-state index in [4.69, 9.17) is 20.4 Å². The third kappa shape index (κ3) is 11.3. The van der Waals surface area contributed by atoms with Crippen molar-refractivity contribution >= 4 is 11.9 Å². The van der Waals surface area contributed by atoms with Gasteiger partial charge >= 0.3 is 11.9 Å². The maximum absolute atomic E-state index is 11.0. The van der Waals surface area contributed by atoms with Gasteiger partial charge in [-0.15, -0.1) is 0 Å². The Kier molecular flexibility index (Phi) is 11.8.